The zero-order valence-electron chi connectivity index (χ0n) is 16.4. The Morgan fingerprint density at radius 2 is 2.07 bits per heavy atom. The molecule has 1 fully saturated rings. The van der Waals surface area contributed by atoms with Crippen LogP contribution in [-0.4, -0.2) is 73.8 Å². The lowest BCUT2D eigenvalue weighted by molar-refractivity contribution is -0.161. The maximum Gasteiger partial charge on any atom is 0.335 e. The van der Waals surface area contributed by atoms with E-state index >= 15 is 0 Å². The number of benzene rings is 1. The molecule has 0 saturated carbocycles. The van der Waals surface area contributed by atoms with Gasteiger partial charge in [-0.1, -0.05) is 18.2 Å². The lowest BCUT2D eigenvalue weighted by Crippen LogP contribution is -2.49. The number of carbonyl (C=O) groups is 2. The second kappa shape index (κ2) is 9.71. The van der Waals surface area contributed by atoms with E-state index in [-0.39, 0.29) is 19.1 Å². The molecule has 0 N–H and O–H groups in total. The third-order valence-corrected chi connectivity index (χ3v) is 5.02. The van der Waals surface area contributed by atoms with Gasteiger partial charge in [-0.3, -0.25) is 9.69 Å². The molecule has 1 atom stereocenters. The van der Waals surface area contributed by atoms with Crippen molar-refractivity contribution >= 4 is 11.9 Å². The van der Waals surface area contributed by atoms with Crippen LogP contribution in [0.1, 0.15) is 18.1 Å². The number of carbonyl (C=O) groups excluding carboxylic acids is 2. The van der Waals surface area contributed by atoms with Gasteiger partial charge in [0.2, 0.25) is 0 Å². The zero-order chi connectivity index (χ0) is 19.9. The average molecular weight is 388 g/mol. The van der Waals surface area contributed by atoms with Crippen LogP contribution in [0.4, 0.5) is 0 Å². The highest BCUT2D eigenvalue weighted by molar-refractivity contribution is 5.82. The van der Waals surface area contributed by atoms with Gasteiger partial charge < -0.3 is 19.1 Å². The van der Waals surface area contributed by atoms with Crippen LogP contribution in [0, 0.1) is 0 Å². The fraction of sp³-hybridized carbons (Fsp3) is 0.524. The fourth-order valence-corrected chi connectivity index (χ4v) is 3.37. The molecular weight excluding hydrogens is 360 g/mol. The van der Waals surface area contributed by atoms with Crippen LogP contribution in [0.25, 0.3) is 0 Å². The van der Waals surface area contributed by atoms with Gasteiger partial charge in [-0.25, -0.2) is 4.79 Å². The first-order chi connectivity index (χ1) is 13.6. The van der Waals surface area contributed by atoms with Crippen molar-refractivity contribution in [2.45, 2.75) is 26.0 Å². The summed E-state index contributed by atoms with van der Waals surface area (Å²) in [5.74, 6) is 0.297. The Labute approximate surface area is 165 Å². The lowest BCUT2D eigenvalue weighted by Gasteiger charge is -2.34. The normalized spacial score (nSPS) is 17.5. The van der Waals surface area contributed by atoms with Crippen molar-refractivity contribution in [3.8, 4) is 5.75 Å². The highest BCUT2D eigenvalue weighted by Crippen LogP contribution is 2.26. The van der Waals surface area contributed by atoms with Crippen molar-refractivity contribution in [3.63, 3.8) is 0 Å². The molecule has 2 aliphatic heterocycles. The van der Waals surface area contributed by atoms with E-state index in [2.05, 4.69) is 23.6 Å². The summed E-state index contributed by atoms with van der Waals surface area (Å²) in [5.41, 5.74) is 2.55. The molecule has 0 spiro atoms. The second-order valence-electron chi connectivity index (χ2n) is 7.07. The summed E-state index contributed by atoms with van der Waals surface area (Å²) in [6.07, 6.45) is 1.83. The van der Waals surface area contributed by atoms with Gasteiger partial charge in [-0.05, 0) is 24.1 Å². The van der Waals surface area contributed by atoms with Crippen molar-refractivity contribution in [1.29, 1.82) is 0 Å². The van der Waals surface area contributed by atoms with E-state index in [1.54, 1.807) is 17.9 Å². The quantitative estimate of drug-likeness (QED) is 0.495. The largest absolute Gasteiger partial charge is 0.493 e. The molecule has 2 aliphatic rings. The number of hydrogen-bond acceptors (Lipinski definition) is 6. The molecule has 152 valence electrons. The van der Waals surface area contributed by atoms with Gasteiger partial charge >= 0.3 is 5.97 Å². The van der Waals surface area contributed by atoms with Gasteiger partial charge in [0.1, 0.15) is 5.75 Å². The van der Waals surface area contributed by atoms with Gasteiger partial charge in [0.05, 0.1) is 13.2 Å². The average Bonchev–Trinajstić information content (AvgIpc) is 3.18. The first kappa shape index (κ1) is 20.4. The Balaban J connectivity index is 1.39. The number of ether oxygens (including phenoxy) is 3. The number of piperazine rings is 1. The number of rotatable bonds is 8. The van der Waals surface area contributed by atoms with Gasteiger partial charge in [0, 0.05) is 39.1 Å². The standard InChI is InChI=1S/C21H28N2O5/c1-3-11-26-16(2)21(25)28-15-20(24)23-9-7-22(8-10-23)14-17-4-5-19-18(13-17)6-12-27-19/h3-5,13,16H,1,6-12,14-15H2,2H3. The van der Waals surface area contributed by atoms with E-state index in [0.717, 1.165) is 38.4 Å². The van der Waals surface area contributed by atoms with E-state index in [0.29, 0.717) is 13.1 Å². The third-order valence-electron chi connectivity index (χ3n) is 5.02. The van der Waals surface area contributed by atoms with Crippen LogP contribution >= 0.6 is 0 Å². The minimum absolute atomic E-state index is 0.168. The molecule has 2 heterocycles. The smallest absolute Gasteiger partial charge is 0.335 e. The summed E-state index contributed by atoms with van der Waals surface area (Å²) < 4.78 is 15.8. The minimum Gasteiger partial charge on any atom is -0.493 e. The Bertz CT molecular complexity index is 713. The molecule has 1 saturated heterocycles. The first-order valence-electron chi connectivity index (χ1n) is 9.70. The van der Waals surface area contributed by atoms with Gasteiger partial charge in [-0.15, -0.1) is 6.58 Å². The lowest BCUT2D eigenvalue weighted by atomic mass is 10.1. The molecule has 1 amide bonds. The van der Waals surface area contributed by atoms with Crippen LogP contribution in [0.2, 0.25) is 0 Å². The molecule has 0 aliphatic carbocycles. The van der Waals surface area contributed by atoms with Gasteiger partial charge in [0.25, 0.3) is 5.91 Å². The third kappa shape index (κ3) is 5.33. The summed E-state index contributed by atoms with van der Waals surface area (Å²) in [7, 11) is 0. The molecule has 1 unspecified atom stereocenters. The molecule has 0 radical (unpaired) electrons. The van der Waals surface area contributed by atoms with Crippen LogP contribution in [0.5, 0.6) is 5.75 Å². The molecule has 1 aromatic carbocycles. The van der Waals surface area contributed by atoms with Crippen LogP contribution in [-0.2, 0) is 32.0 Å². The van der Waals surface area contributed by atoms with E-state index in [1.807, 2.05) is 6.07 Å². The predicted molar refractivity (Wildman–Crippen MR) is 104 cm³/mol. The summed E-state index contributed by atoms with van der Waals surface area (Å²) >= 11 is 0. The summed E-state index contributed by atoms with van der Waals surface area (Å²) in [6.45, 7) is 9.64. The molecule has 0 bridgehead atoms. The maximum atomic E-state index is 12.3. The summed E-state index contributed by atoms with van der Waals surface area (Å²) in [6, 6.07) is 6.37. The van der Waals surface area contributed by atoms with Crippen molar-refractivity contribution in [2.24, 2.45) is 0 Å². The van der Waals surface area contributed by atoms with Crippen molar-refractivity contribution in [2.75, 3.05) is 46.0 Å². The van der Waals surface area contributed by atoms with Crippen molar-refractivity contribution < 1.29 is 23.8 Å². The summed E-state index contributed by atoms with van der Waals surface area (Å²) in [5, 5.41) is 0. The highest BCUT2D eigenvalue weighted by atomic mass is 16.6. The monoisotopic (exact) mass is 388 g/mol. The molecular formula is C21H28N2O5. The first-order valence-corrected chi connectivity index (χ1v) is 9.70. The molecule has 7 nitrogen and oxygen atoms in total. The molecule has 3 rings (SSSR count). The number of amides is 1. The molecule has 0 aromatic heterocycles. The van der Waals surface area contributed by atoms with Gasteiger partial charge in [0.15, 0.2) is 12.7 Å². The second-order valence-corrected chi connectivity index (χ2v) is 7.07. The topological polar surface area (TPSA) is 68.3 Å². The number of nitrogens with zero attached hydrogens (tertiary/aromatic N) is 2. The number of hydrogen-bond donors (Lipinski definition) is 0. The Hall–Kier alpha value is -2.38. The van der Waals surface area contributed by atoms with Gasteiger partial charge in [-0.2, -0.15) is 0 Å². The highest BCUT2D eigenvalue weighted by Gasteiger charge is 2.23. The van der Waals surface area contributed by atoms with Crippen molar-refractivity contribution in [3.05, 3.63) is 42.0 Å². The predicted octanol–water partition coefficient (Wildman–Crippen LogP) is 1.40. The number of fused-ring (bicyclic) bond motifs is 1. The summed E-state index contributed by atoms with van der Waals surface area (Å²) in [4.78, 5) is 28.2. The van der Waals surface area contributed by atoms with E-state index in [1.165, 1.54) is 11.1 Å². The fourth-order valence-electron chi connectivity index (χ4n) is 3.37. The minimum atomic E-state index is -0.708. The Kier molecular flexibility index (Phi) is 7.06. The van der Waals surface area contributed by atoms with Crippen molar-refractivity contribution in [1.82, 2.24) is 9.80 Å². The SMILES string of the molecule is C=CCOC(C)C(=O)OCC(=O)N1CCN(Cc2ccc3c(c2)CCO3)CC1. The Morgan fingerprint density at radius 1 is 1.29 bits per heavy atom. The van der Waals surface area contributed by atoms with Crippen LogP contribution in [0.15, 0.2) is 30.9 Å². The number of esters is 1. The molecule has 28 heavy (non-hydrogen) atoms. The van der Waals surface area contributed by atoms with Crippen LogP contribution in [0.3, 0.4) is 0 Å². The van der Waals surface area contributed by atoms with Crippen LogP contribution < -0.4 is 4.74 Å². The zero-order valence-corrected chi connectivity index (χ0v) is 16.4. The van der Waals surface area contributed by atoms with E-state index in [4.69, 9.17) is 14.2 Å². The van der Waals surface area contributed by atoms with E-state index in [9.17, 15) is 9.59 Å². The Morgan fingerprint density at radius 3 is 2.82 bits per heavy atom. The molecule has 7 heteroatoms. The maximum absolute atomic E-state index is 12.3. The molecule has 1 aromatic rings. The van der Waals surface area contributed by atoms with E-state index < -0.39 is 12.1 Å².